The molecule has 3 aromatic heterocycles. The van der Waals surface area contributed by atoms with E-state index in [1.807, 2.05) is 4.90 Å². The van der Waals surface area contributed by atoms with Crippen molar-refractivity contribution in [2.75, 3.05) is 31.6 Å². The van der Waals surface area contributed by atoms with Gasteiger partial charge in [-0.25, -0.2) is 14.6 Å². The van der Waals surface area contributed by atoms with Gasteiger partial charge in [0.1, 0.15) is 17.7 Å². The predicted molar refractivity (Wildman–Crippen MR) is 162 cm³/mol. The summed E-state index contributed by atoms with van der Waals surface area (Å²) >= 11 is 0. The molecule has 2 atom stereocenters. The van der Waals surface area contributed by atoms with Crippen LogP contribution in [-0.2, 0) is 4.79 Å². The molecule has 6 rings (SSSR count). The second kappa shape index (κ2) is 12.2. The van der Waals surface area contributed by atoms with E-state index in [1.54, 1.807) is 56.6 Å². The molecule has 2 fully saturated rings. The van der Waals surface area contributed by atoms with Crippen molar-refractivity contribution in [1.29, 1.82) is 0 Å². The summed E-state index contributed by atoms with van der Waals surface area (Å²) in [5, 5.41) is 16.9. The van der Waals surface area contributed by atoms with Crippen LogP contribution in [0.4, 0.5) is 19.0 Å². The highest BCUT2D eigenvalue weighted by Gasteiger charge is 2.46. The highest BCUT2D eigenvalue weighted by molar-refractivity contribution is 5.74. The molecule has 46 heavy (non-hydrogen) atoms. The maximum atomic E-state index is 14.8. The third kappa shape index (κ3) is 6.48. The molecule has 2 aliphatic heterocycles. The molecule has 1 unspecified atom stereocenters. The van der Waals surface area contributed by atoms with Crippen LogP contribution in [0.25, 0.3) is 16.8 Å². The van der Waals surface area contributed by atoms with Crippen LogP contribution in [0.2, 0.25) is 0 Å². The Balaban J connectivity index is 1.30. The first kappa shape index (κ1) is 31.3. The quantitative estimate of drug-likeness (QED) is 0.271. The number of hydrogen-bond donors (Lipinski definition) is 2. The minimum Gasteiger partial charge on any atom is -0.481 e. The minimum atomic E-state index is -4.80. The van der Waals surface area contributed by atoms with Crippen molar-refractivity contribution in [1.82, 2.24) is 30.0 Å². The van der Waals surface area contributed by atoms with E-state index in [0.29, 0.717) is 54.6 Å². The standard InChI is InChI=1S/C32H34F3N7O4/c1-19-8-11-42(40-19)25-14-21(22-5-7-27(45-3)36-17-22)4-6-23(25)29(32(33,34)35)46-28-15-26(38-20(2)39-28)41-12-9-31(10-13-41)16-24(30(43)44)37-18-31/h4-8,11,14-15,17,24,29,37H,9-10,12-13,16,18H2,1-3H3,(H,43,44)/t24-,29?/m0/s1. The Hall–Kier alpha value is -4.72. The number of halogens is 3. The molecule has 0 bridgehead atoms. The lowest BCUT2D eigenvalue weighted by Gasteiger charge is -2.39. The van der Waals surface area contributed by atoms with Crippen LogP contribution >= 0.6 is 0 Å². The zero-order valence-corrected chi connectivity index (χ0v) is 25.6. The zero-order chi connectivity index (χ0) is 32.6. The highest BCUT2D eigenvalue weighted by atomic mass is 19.4. The number of carboxylic acids is 1. The zero-order valence-electron chi connectivity index (χ0n) is 25.6. The van der Waals surface area contributed by atoms with Crippen molar-refractivity contribution in [2.45, 2.75) is 51.4 Å². The fourth-order valence-electron chi connectivity index (χ4n) is 6.22. The molecular weight excluding hydrogens is 603 g/mol. The van der Waals surface area contributed by atoms with Crippen molar-refractivity contribution in [2.24, 2.45) is 5.41 Å². The number of aryl methyl sites for hydroxylation is 2. The number of anilines is 1. The van der Waals surface area contributed by atoms with Crippen LogP contribution in [0.5, 0.6) is 11.8 Å². The van der Waals surface area contributed by atoms with Gasteiger partial charge < -0.3 is 24.8 Å². The van der Waals surface area contributed by atoms with Gasteiger partial charge in [0.25, 0.3) is 0 Å². The van der Waals surface area contributed by atoms with Gasteiger partial charge in [-0.2, -0.15) is 23.3 Å². The van der Waals surface area contributed by atoms with E-state index < -0.39 is 24.3 Å². The molecule has 1 aromatic carbocycles. The number of pyridine rings is 1. The summed E-state index contributed by atoms with van der Waals surface area (Å²) < 4.78 is 56.7. The predicted octanol–water partition coefficient (Wildman–Crippen LogP) is 5.07. The number of methoxy groups -OCH3 is 1. The van der Waals surface area contributed by atoms with Crippen LogP contribution in [-0.4, -0.2) is 74.8 Å². The van der Waals surface area contributed by atoms with E-state index in [4.69, 9.17) is 9.47 Å². The Morgan fingerprint density at radius 2 is 1.83 bits per heavy atom. The molecular formula is C32H34F3N7O4. The number of carboxylic acid groups (broad SMARTS) is 1. The first-order chi connectivity index (χ1) is 21.9. The summed E-state index contributed by atoms with van der Waals surface area (Å²) in [7, 11) is 1.50. The van der Waals surface area contributed by atoms with E-state index >= 15 is 0 Å². The molecule has 4 aromatic rings. The summed E-state index contributed by atoms with van der Waals surface area (Å²) in [4.78, 5) is 26.4. The van der Waals surface area contributed by atoms with Crippen molar-refractivity contribution < 1.29 is 32.5 Å². The van der Waals surface area contributed by atoms with E-state index in [2.05, 4.69) is 25.4 Å². The number of piperidine rings is 1. The highest BCUT2D eigenvalue weighted by Crippen LogP contribution is 2.42. The molecule has 5 heterocycles. The summed E-state index contributed by atoms with van der Waals surface area (Å²) in [6.07, 6.45) is -1.95. The van der Waals surface area contributed by atoms with Gasteiger partial charge in [-0.1, -0.05) is 12.1 Å². The molecule has 0 radical (unpaired) electrons. The van der Waals surface area contributed by atoms with Gasteiger partial charge in [-0.15, -0.1) is 0 Å². The largest absolute Gasteiger partial charge is 0.481 e. The molecule has 2 N–H and O–H groups in total. The van der Waals surface area contributed by atoms with Gasteiger partial charge >= 0.3 is 12.1 Å². The number of ether oxygens (including phenoxy) is 2. The van der Waals surface area contributed by atoms with Crippen molar-refractivity contribution in [3.05, 3.63) is 71.9 Å². The Morgan fingerprint density at radius 1 is 1.07 bits per heavy atom. The first-order valence-corrected chi connectivity index (χ1v) is 14.9. The third-order valence-electron chi connectivity index (χ3n) is 8.70. The van der Waals surface area contributed by atoms with Crippen LogP contribution in [0.15, 0.2) is 54.9 Å². The van der Waals surface area contributed by atoms with Crippen LogP contribution < -0.4 is 19.7 Å². The van der Waals surface area contributed by atoms with Crippen molar-refractivity contribution in [3.8, 4) is 28.6 Å². The molecule has 2 saturated heterocycles. The van der Waals surface area contributed by atoms with Crippen LogP contribution in [0, 0.1) is 19.3 Å². The third-order valence-corrected chi connectivity index (χ3v) is 8.70. The Kier molecular flexibility index (Phi) is 8.32. The van der Waals surface area contributed by atoms with Crippen molar-refractivity contribution in [3.63, 3.8) is 0 Å². The summed E-state index contributed by atoms with van der Waals surface area (Å²) in [6.45, 7) is 5.15. The molecule has 14 heteroatoms. The average Bonchev–Trinajstić information content (AvgIpc) is 3.66. The molecule has 11 nitrogen and oxygen atoms in total. The SMILES string of the molecule is COc1ccc(-c2ccc(C(Oc3cc(N4CCC5(CC4)CN[C@H](C(=O)O)C5)nc(C)n3)C(F)(F)F)c(-n3ccc(C)n3)c2)cn1. The average molecular weight is 638 g/mol. The smallest absolute Gasteiger partial charge is 0.429 e. The number of nitrogens with one attached hydrogen (secondary N) is 1. The summed E-state index contributed by atoms with van der Waals surface area (Å²) in [5.41, 5.74) is 1.89. The molecule has 2 aliphatic rings. The summed E-state index contributed by atoms with van der Waals surface area (Å²) in [6, 6.07) is 10.6. The lowest BCUT2D eigenvalue weighted by Crippen LogP contribution is -2.41. The Labute approximate surface area is 263 Å². The van der Waals surface area contributed by atoms with E-state index in [0.717, 1.165) is 12.8 Å². The van der Waals surface area contributed by atoms with Gasteiger partial charge in [0.05, 0.1) is 18.5 Å². The number of nitrogens with zero attached hydrogens (tertiary/aromatic N) is 6. The molecule has 0 saturated carbocycles. The van der Waals surface area contributed by atoms with Crippen LogP contribution in [0.3, 0.4) is 0 Å². The number of carbonyl (C=O) groups is 1. The summed E-state index contributed by atoms with van der Waals surface area (Å²) in [5.74, 6) is 0.0890. The molecule has 0 amide bonds. The number of aromatic nitrogens is 5. The maximum Gasteiger partial charge on any atom is 0.429 e. The molecule has 1 spiro atoms. The van der Waals surface area contributed by atoms with Gasteiger partial charge in [0.2, 0.25) is 17.9 Å². The first-order valence-electron chi connectivity index (χ1n) is 14.9. The van der Waals surface area contributed by atoms with Gasteiger partial charge in [0, 0.05) is 55.3 Å². The van der Waals surface area contributed by atoms with Crippen LogP contribution in [0.1, 0.15) is 42.4 Å². The molecule has 0 aliphatic carbocycles. The Morgan fingerprint density at radius 3 is 2.43 bits per heavy atom. The van der Waals surface area contributed by atoms with Crippen molar-refractivity contribution >= 4 is 11.8 Å². The van der Waals surface area contributed by atoms with Gasteiger partial charge in [-0.3, -0.25) is 4.79 Å². The lowest BCUT2D eigenvalue weighted by atomic mass is 9.76. The number of alkyl halides is 3. The van der Waals surface area contributed by atoms with Gasteiger partial charge in [0.15, 0.2) is 0 Å². The number of benzene rings is 1. The topological polar surface area (TPSA) is 128 Å². The van der Waals surface area contributed by atoms with E-state index in [1.165, 1.54) is 23.9 Å². The van der Waals surface area contributed by atoms with Gasteiger partial charge in [-0.05, 0) is 62.3 Å². The normalized spacial score (nSPS) is 18.5. The van der Waals surface area contributed by atoms with E-state index in [-0.39, 0.29) is 28.4 Å². The fraction of sp³-hybridized carbons (Fsp3) is 0.406. The fourth-order valence-corrected chi connectivity index (χ4v) is 6.22. The minimum absolute atomic E-state index is 0.127. The Bertz CT molecular complexity index is 1720. The number of hydrogen-bond acceptors (Lipinski definition) is 9. The van der Waals surface area contributed by atoms with E-state index in [9.17, 15) is 23.1 Å². The monoisotopic (exact) mass is 637 g/mol. The number of aliphatic carboxylic acids is 1. The second-order valence-corrected chi connectivity index (χ2v) is 11.9. The molecule has 242 valence electrons. The second-order valence-electron chi connectivity index (χ2n) is 11.9. The maximum absolute atomic E-state index is 14.8. The number of rotatable bonds is 8. The lowest BCUT2D eigenvalue weighted by molar-refractivity contribution is -0.198.